The predicted molar refractivity (Wildman–Crippen MR) is 65.3 cm³/mol. The molecule has 0 atom stereocenters. The average molecular weight is 218 g/mol. The lowest BCUT2D eigenvalue weighted by atomic mass is 10.2. The van der Waals surface area contributed by atoms with E-state index in [4.69, 9.17) is 4.74 Å². The Bertz CT molecular complexity index is 376. The molecule has 0 N–H and O–H groups in total. The quantitative estimate of drug-likeness (QED) is 0.709. The zero-order valence-corrected chi connectivity index (χ0v) is 9.59. The van der Waals surface area contributed by atoms with E-state index in [2.05, 4.69) is 30.5 Å². The molecule has 1 aromatic carbocycles. The summed E-state index contributed by atoms with van der Waals surface area (Å²) in [5, 5.41) is 0. The van der Waals surface area contributed by atoms with Crippen LogP contribution in [0.2, 0.25) is 0 Å². The lowest BCUT2D eigenvalue weighted by Gasteiger charge is -2.09. The number of allylic oxidation sites excluding steroid dienone is 3. The lowest BCUT2D eigenvalue weighted by molar-refractivity contribution is 0.439. The molecule has 0 bridgehead atoms. The third kappa shape index (κ3) is 2.90. The normalized spacial score (nSPS) is 14.9. The minimum Gasteiger partial charge on any atom is -0.458 e. The first-order chi connectivity index (χ1) is 7.38. The van der Waals surface area contributed by atoms with Crippen molar-refractivity contribution in [2.24, 2.45) is 0 Å². The maximum absolute atomic E-state index is 5.72. The van der Waals surface area contributed by atoms with Crippen LogP contribution >= 0.6 is 11.8 Å². The van der Waals surface area contributed by atoms with Crippen LogP contribution in [0.4, 0.5) is 0 Å². The molecule has 0 aliphatic heterocycles. The second-order valence-corrected chi connectivity index (χ2v) is 4.24. The zero-order chi connectivity index (χ0) is 10.5. The molecule has 1 aliphatic carbocycles. The van der Waals surface area contributed by atoms with Gasteiger partial charge in [-0.1, -0.05) is 6.08 Å². The Labute approximate surface area is 94.8 Å². The maximum atomic E-state index is 5.72. The molecule has 2 heteroatoms. The van der Waals surface area contributed by atoms with E-state index >= 15 is 0 Å². The Morgan fingerprint density at radius 2 is 1.93 bits per heavy atom. The molecule has 0 spiro atoms. The van der Waals surface area contributed by atoms with Crippen LogP contribution in [0.5, 0.6) is 5.75 Å². The molecule has 0 saturated carbocycles. The smallest absolute Gasteiger partial charge is 0.127 e. The van der Waals surface area contributed by atoms with Crippen molar-refractivity contribution in [2.75, 3.05) is 6.26 Å². The largest absolute Gasteiger partial charge is 0.458 e. The van der Waals surface area contributed by atoms with Crippen molar-refractivity contribution >= 4 is 11.8 Å². The first-order valence-corrected chi connectivity index (χ1v) is 6.29. The summed E-state index contributed by atoms with van der Waals surface area (Å²) in [6, 6.07) is 8.17. The highest BCUT2D eigenvalue weighted by atomic mass is 32.2. The van der Waals surface area contributed by atoms with Crippen molar-refractivity contribution in [3.63, 3.8) is 0 Å². The van der Waals surface area contributed by atoms with Gasteiger partial charge in [-0.05, 0) is 55.5 Å². The van der Waals surface area contributed by atoms with E-state index in [0.29, 0.717) is 0 Å². The van der Waals surface area contributed by atoms with Gasteiger partial charge in [-0.25, -0.2) is 0 Å². The zero-order valence-electron chi connectivity index (χ0n) is 8.77. The number of hydrogen-bond donors (Lipinski definition) is 0. The number of rotatable bonds is 3. The van der Waals surface area contributed by atoms with Crippen molar-refractivity contribution < 1.29 is 4.74 Å². The summed E-state index contributed by atoms with van der Waals surface area (Å²) < 4.78 is 5.72. The molecule has 0 amide bonds. The maximum Gasteiger partial charge on any atom is 0.127 e. The highest BCUT2D eigenvalue weighted by Gasteiger charge is 2.00. The van der Waals surface area contributed by atoms with Crippen molar-refractivity contribution in [1.82, 2.24) is 0 Å². The summed E-state index contributed by atoms with van der Waals surface area (Å²) in [7, 11) is 0. The Morgan fingerprint density at radius 1 is 1.13 bits per heavy atom. The fourth-order valence-electron chi connectivity index (χ4n) is 1.44. The summed E-state index contributed by atoms with van der Waals surface area (Å²) >= 11 is 1.74. The van der Waals surface area contributed by atoms with Crippen molar-refractivity contribution in [2.45, 2.75) is 17.7 Å². The Morgan fingerprint density at radius 3 is 2.53 bits per heavy atom. The molecule has 1 aromatic rings. The van der Waals surface area contributed by atoms with Gasteiger partial charge in [-0.15, -0.1) is 11.8 Å². The first kappa shape index (κ1) is 10.4. The van der Waals surface area contributed by atoms with Gasteiger partial charge in [0.15, 0.2) is 0 Å². The fraction of sp³-hybridized carbons (Fsp3) is 0.231. The third-order valence-corrected chi connectivity index (χ3v) is 3.00. The number of ether oxygens (including phenoxy) is 1. The van der Waals surface area contributed by atoms with E-state index in [-0.39, 0.29) is 0 Å². The van der Waals surface area contributed by atoms with Gasteiger partial charge in [0.05, 0.1) is 0 Å². The molecule has 0 unspecified atom stereocenters. The molecule has 1 aliphatic rings. The van der Waals surface area contributed by atoms with Crippen LogP contribution in [0.25, 0.3) is 0 Å². The van der Waals surface area contributed by atoms with Crippen molar-refractivity contribution in [3.8, 4) is 5.75 Å². The summed E-state index contributed by atoms with van der Waals surface area (Å²) in [4.78, 5) is 1.26. The Balaban J connectivity index is 2.04. The van der Waals surface area contributed by atoms with Crippen molar-refractivity contribution in [1.29, 1.82) is 0 Å². The van der Waals surface area contributed by atoms with Gasteiger partial charge in [0, 0.05) is 4.90 Å². The van der Waals surface area contributed by atoms with Crippen LogP contribution in [0.3, 0.4) is 0 Å². The van der Waals surface area contributed by atoms with E-state index < -0.39 is 0 Å². The highest BCUT2D eigenvalue weighted by Crippen LogP contribution is 2.21. The average Bonchev–Trinajstić information content (AvgIpc) is 2.31. The molecular formula is C13H14OS. The number of thioether (sulfide) groups is 1. The van der Waals surface area contributed by atoms with Crippen LogP contribution in [-0.2, 0) is 0 Å². The second-order valence-electron chi connectivity index (χ2n) is 3.36. The van der Waals surface area contributed by atoms with Gasteiger partial charge in [-0.3, -0.25) is 0 Å². The molecule has 0 radical (unpaired) electrons. The molecule has 2 rings (SSSR count). The minimum absolute atomic E-state index is 0.908. The summed E-state index contributed by atoms with van der Waals surface area (Å²) in [5.74, 6) is 1.86. The van der Waals surface area contributed by atoms with Gasteiger partial charge in [0.25, 0.3) is 0 Å². The van der Waals surface area contributed by atoms with Gasteiger partial charge in [0.1, 0.15) is 11.5 Å². The second kappa shape index (κ2) is 5.08. The van der Waals surface area contributed by atoms with Gasteiger partial charge >= 0.3 is 0 Å². The standard InChI is InChI=1S/C13H14OS/c1-15-13-9-7-12(8-10-13)14-11-5-3-2-4-6-11/h3,5-10H,2,4H2,1H3. The molecule has 15 heavy (non-hydrogen) atoms. The molecular weight excluding hydrogens is 204 g/mol. The highest BCUT2D eigenvalue weighted by molar-refractivity contribution is 7.98. The Kier molecular flexibility index (Phi) is 3.51. The van der Waals surface area contributed by atoms with Crippen LogP contribution in [-0.4, -0.2) is 6.26 Å². The van der Waals surface area contributed by atoms with Crippen LogP contribution in [0.1, 0.15) is 12.8 Å². The van der Waals surface area contributed by atoms with Gasteiger partial charge in [0.2, 0.25) is 0 Å². The fourth-order valence-corrected chi connectivity index (χ4v) is 1.85. The van der Waals surface area contributed by atoms with E-state index in [9.17, 15) is 0 Å². The van der Waals surface area contributed by atoms with E-state index in [1.54, 1.807) is 11.8 Å². The third-order valence-electron chi connectivity index (χ3n) is 2.26. The van der Waals surface area contributed by atoms with Crippen LogP contribution < -0.4 is 4.74 Å². The van der Waals surface area contributed by atoms with Gasteiger partial charge < -0.3 is 4.74 Å². The molecule has 0 aromatic heterocycles. The number of hydrogen-bond acceptors (Lipinski definition) is 2. The molecule has 0 saturated heterocycles. The number of benzene rings is 1. The summed E-state index contributed by atoms with van der Waals surface area (Å²) in [6.45, 7) is 0. The summed E-state index contributed by atoms with van der Waals surface area (Å²) in [6.07, 6.45) is 10.6. The van der Waals surface area contributed by atoms with E-state index in [1.807, 2.05) is 18.2 Å². The van der Waals surface area contributed by atoms with E-state index in [0.717, 1.165) is 24.4 Å². The summed E-state index contributed by atoms with van der Waals surface area (Å²) in [5.41, 5.74) is 0. The lowest BCUT2D eigenvalue weighted by Crippen LogP contribution is -1.94. The van der Waals surface area contributed by atoms with Crippen LogP contribution in [0, 0.1) is 0 Å². The predicted octanol–water partition coefficient (Wildman–Crippen LogP) is 4.02. The Hall–Kier alpha value is -1.15. The van der Waals surface area contributed by atoms with E-state index in [1.165, 1.54) is 4.90 Å². The monoisotopic (exact) mass is 218 g/mol. The van der Waals surface area contributed by atoms with Crippen LogP contribution in [0.15, 0.2) is 53.1 Å². The first-order valence-electron chi connectivity index (χ1n) is 5.07. The molecule has 1 nitrogen and oxygen atoms in total. The van der Waals surface area contributed by atoms with Gasteiger partial charge in [-0.2, -0.15) is 0 Å². The SMILES string of the molecule is CSc1ccc(OC2=CCCC=C2)cc1. The molecule has 0 fully saturated rings. The molecule has 0 heterocycles. The minimum atomic E-state index is 0.908. The topological polar surface area (TPSA) is 9.23 Å². The molecule has 78 valence electrons. The van der Waals surface area contributed by atoms with Crippen molar-refractivity contribution in [3.05, 3.63) is 48.3 Å².